The Bertz CT molecular complexity index is 856. The van der Waals surface area contributed by atoms with Gasteiger partial charge in [-0.05, 0) is 48.8 Å². The predicted molar refractivity (Wildman–Crippen MR) is 107 cm³/mol. The Kier molecular flexibility index (Phi) is 5.07. The molecule has 0 radical (unpaired) electrons. The molecule has 1 N–H and O–H groups in total. The first kappa shape index (κ1) is 17.9. The molecule has 2 aromatic rings. The molecule has 4 heterocycles. The fraction of sp³-hybridized carbons (Fsp3) is 0.429. The molecule has 0 amide bonds. The molecule has 27 heavy (non-hydrogen) atoms. The van der Waals surface area contributed by atoms with Crippen LogP contribution in [0.4, 0.5) is 15.8 Å². The molecule has 2 aliphatic heterocycles. The lowest BCUT2D eigenvalue weighted by Gasteiger charge is -2.36. The molecule has 0 aromatic carbocycles. The topological polar surface area (TPSA) is 44.3 Å². The number of hydrogen-bond donors (Lipinski definition) is 1. The number of aryl methyl sites for hydroxylation is 1. The molecule has 0 spiro atoms. The number of rotatable bonds is 4. The van der Waals surface area contributed by atoms with Crippen LogP contribution in [0.1, 0.15) is 30.3 Å². The lowest BCUT2D eigenvalue weighted by Crippen LogP contribution is -2.46. The van der Waals surface area contributed by atoms with Crippen molar-refractivity contribution in [3.8, 4) is 0 Å². The van der Waals surface area contributed by atoms with Crippen LogP contribution < -0.4 is 10.2 Å². The standard InChI is InChI=1S/C21H26FN5/c1-3-16-10-18-19(23-12-16)11-17(13-24-18)14-26-6-8-27(9-7-26)20-5-4-15(2)25-21(20)22/h4-5,10-11,13,23H,3,6-9,12,14H2,1-2H3. The van der Waals surface area contributed by atoms with Crippen molar-refractivity contribution in [2.75, 3.05) is 42.9 Å². The van der Waals surface area contributed by atoms with Crippen molar-refractivity contribution in [1.82, 2.24) is 14.9 Å². The highest BCUT2D eigenvalue weighted by molar-refractivity contribution is 5.69. The Hall–Kier alpha value is -2.47. The summed E-state index contributed by atoms with van der Waals surface area (Å²) in [5, 5.41) is 3.47. The van der Waals surface area contributed by atoms with Gasteiger partial charge in [0.2, 0.25) is 5.95 Å². The van der Waals surface area contributed by atoms with Crippen molar-refractivity contribution in [1.29, 1.82) is 0 Å². The summed E-state index contributed by atoms with van der Waals surface area (Å²) < 4.78 is 14.1. The van der Waals surface area contributed by atoms with E-state index in [2.05, 4.69) is 44.2 Å². The molecule has 0 atom stereocenters. The number of fused-ring (bicyclic) bond motifs is 1. The zero-order chi connectivity index (χ0) is 18.8. The maximum absolute atomic E-state index is 14.1. The summed E-state index contributed by atoms with van der Waals surface area (Å²) in [6, 6.07) is 5.92. The number of halogens is 1. The molecule has 0 bridgehead atoms. The Morgan fingerprint density at radius 2 is 2.00 bits per heavy atom. The van der Waals surface area contributed by atoms with Crippen LogP contribution in [0, 0.1) is 12.9 Å². The van der Waals surface area contributed by atoms with Gasteiger partial charge in [0, 0.05) is 51.2 Å². The smallest absolute Gasteiger partial charge is 0.236 e. The third kappa shape index (κ3) is 3.95. The highest BCUT2D eigenvalue weighted by Crippen LogP contribution is 2.25. The average molecular weight is 367 g/mol. The first-order valence-corrected chi connectivity index (χ1v) is 9.65. The normalized spacial score (nSPS) is 17.3. The van der Waals surface area contributed by atoms with Crippen LogP contribution >= 0.6 is 0 Å². The lowest BCUT2D eigenvalue weighted by molar-refractivity contribution is 0.249. The molecule has 1 saturated heterocycles. The summed E-state index contributed by atoms with van der Waals surface area (Å²) in [6.07, 6.45) is 5.22. The quantitative estimate of drug-likeness (QED) is 0.839. The van der Waals surface area contributed by atoms with Crippen LogP contribution in [0.3, 0.4) is 0 Å². The number of aromatic nitrogens is 2. The van der Waals surface area contributed by atoms with Gasteiger partial charge >= 0.3 is 0 Å². The number of anilines is 2. The molecular weight excluding hydrogens is 341 g/mol. The zero-order valence-electron chi connectivity index (χ0n) is 16.0. The van der Waals surface area contributed by atoms with Crippen LogP contribution in [0.2, 0.25) is 0 Å². The van der Waals surface area contributed by atoms with E-state index in [0.29, 0.717) is 11.4 Å². The molecule has 6 heteroatoms. The predicted octanol–water partition coefficient (Wildman–Crippen LogP) is 3.47. The van der Waals surface area contributed by atoms with Gasteiger partial charge in [-0.25, -0.2) is 4.98 Å². The lowest BCUT2D eigenvalue weighted by atomic mass is 10.1. The minimum Gasteiger partial charge on any atom is -0.380 e. The molecule has 1 fully saturated rings. The number of pyridine rings is 2. The van der Waals surface area contributed by atoms with Crippen molar-refractivity contribution in [3.05, 3.63) is 52.9 Å². The third-order valence-corrected chi connectivity index (χ3v) is 5.36. The van der Waals surface area contributed by atoms with Gasteiger partial charge in [-0.1, -0.05) is 6.92 Å². The average Bonchev–Trinajstić information content (AvgIpc) is 2.68. The zero-order valence-corrected chi connectivity index (χ0v) is 16.0. The SMILES string of the molecule is CCC1=Cc2ncc(CN3CCN(c4ccc(C)nc4F)CC3)cc2NC1. The van der Waals surface area contributed by atoms with Gasteiger partial charge in [-0.2, -0.15) is 4.39 Å². The Balaban J connectivity index is 1.38. The Morgan fingerprint density at radius 1 is 1.19 bits per heavy atom. The summed E-state index contributed by atoms with van der Waals surface area (Å²) in [4.78, 5) is 13.1. The first-order chi connectivity index (χ1) is 13.1. The van der Waals surface area contributed by atoms with Gasteiger partial charge in [-0.15, -0.1) is 0 Å². The van der Waals surface area contributed by atoms with Crippen LogP contribution in [0.5, 0.6) is 0 Å². The van der Waals surface area contributed by atoms with Gasteiger partial charge in [0.25, 0.3) is 0 Å². The van der Waals surface area contributed by atoms with Crippen molar-refractivity contribution in [2.24, 2.45) is 0 Å². The van der Waals surface area contributed by atoms with E-state index in [-0.39, 0.29) is 5.95 Å². The van der Waals surface area contributed by atoms with Crippen LogP contribution in [-0.4, -0.2) is 47.6 Å². The highest BCUT2D eigenvalue weighted by Gasteiger charge is 2.21. The molecular formula is C21H26FN5. The Labute approximate surface area is 159 Å². The highest BCUT2D eigenvalue weighted by atomic mass is 19.1. The van der Waals surface area contributed by atoms with E-state index in [0.717, 1.165) is 57.1 Å². The molecule has 2 aromatic heterocycles. The first-order valence-electron chi connectivity index (χ1n) is 9.65. The molecule has 0 aliphatic carbocycles. The number of nitrogens with zero attached hydrogens (tertiary/aromatic N) is 4. The second-order valence-corrected chi connectivity index (χ2v) is 7.31. The van der Waals surface area contributed by atoms with E-state index in [1.54, 1.807) is 0 Å². The van der Waals surface area contributed by atoms with E-state index < -0.39 is 0 Å². The molecule has 142 valence electrons. The largest absolute Gasteiger partial charge is 0.380 e. The van der Waals surface area contributed by atoms with Crippen molar-refractivity contribution >= 4 is 17.5 Å². The van der Waals surface area contributed by atoms with Gasteiger partial charge < -0.3 is 10.2 Å². The van der Waals surface area contributed by atoms with Crippen molar-refractivity contribution in [3.63, 3.8) is 0 Å². The minimum atomic E-state index is -0.368. The monoisotopic (exact) mass is 367 g/mol. The van der Waals surface area contributed by atoms with Gasteiger partial charge in [0.15, 0.2) is 0 Å². The van der Waals surface area contributed by atoms with Gasteiger partial charge in [-0.3, -0.25) is 9.88 Å². The van der Waals surface area contributed by atoms with Gasteiger partial charge in [0.05, 0.1) is 17.1 Å². The van der Waals surface area contributed by atoms with E-state index in [1.165, 1.54) is 11.1 Å². The van der Waals surface area contributed by atoms with E-state index in [1.807, 2.05) is 25.3 Å². The van der Waals surface area contributed by atoms with Crippen LogP contribution in [0.25, 0.3) is 6.08 Å². The Morgan fingerprint density at radius 3 is 2.74 bits per heavy atom. The van der Waals surface area contributed by atoms with Gasteiger partial charge in [0.1, 0.15) is 0 Å². The van der Waals surface area contributed by atoms with Crippen LogP contribution in [0.15, 0.2) is 30.0 Å². The fourth-order valence-corrected chi connectivity index (χ4v) is 3.70. The summed E-state index contributed by atoms with van der Waals surface area (Å²) in [7, 11) is 0. The second-order valence-electron chi connectivity index (χ2n) is 7.31. The minimum absolute atomic E-state index is 0.368. The molecule has 2 aliphatic rings. The summed E-state index contributed by atoms with van der Waals surface area (Å²) in [6.45, 7) is 9.17. The molecule has 4 rings (SSSR count). The van der Waals surface area contributed by atoms with E-state index in [9.17, 15) is 4.39 Å². The molecule has 0 saturated carbocycles. The summed E-state index contributed by atoms with van der Waals surface area (Å²) in [5.41, 5.74) is 6.08. The maximum Gasteiger partial charge on any atom is 0.236 e. The molecule has 0 unspecified atom stereocenters. The fourth-order valence-electron chi connectivity index (χ4n) is 3.70. The second kappa shape index (κ2) is 7.64. The third-order valence-electron chi connectivity index (χ3n) is 5.36. The maximum atomic E-state index is 14.1. The number of piperazine rings is 1. The van der Waals surface area contributed by atoms with Crippen molar-refractivity contribution < 1.29 is 4.39 Å². The van der Waals surface area contributed by atoms with Crippen molar-refractivity contribution in [2.45, 2.75) is 26.8 Å². The van der Waals surface area contributed by atoms with Crippen LogP contribution in [-0.2, 0) is 6.54 Å². The van der Waals surface area contributed by atoms with E-state index in [4.69, 9.17) is 0 Å². The molecule has 5 nitrogen and oxygen atoms in total. The van der Waals surface area contributed by atoms with E-state index >= 15 is 0 Å². The number of nitrogens with one attached hydrogen (secondary N) is 1. The number of hydrogen-bond acceptors (Lipinski definition) is 5. The summed E-state index contributed by atoms with van der Waals surface area (Å²) in [5.74, 6) is -0.368. The summed E-state index contributed by atoms with van der Waals surface area (Å²) >= 11 is 0.